The fourth-order valence-corrected chi connectivity index (χ4v) is 5.25. The standard InChI is InChI=1S/C27H31Cl2N10/c1-16(2)38-12-8-17(9-13-38)26-36-24-15-22(19-5-4-18(28)14-20(19)29)34-27(39(24)37-26)33-11-10-32-23-7-6-21(31-3)25(30)35-23/h3-7,14-17H,8-13H2,1-2H3,(H,33,34)(H3,30,32,35)/q+1. The molecule has 10 nitrogen and oxygen atoms in total. The van der Waals surface area contributed by atoms with E-state index < -0.39 is 0 Å². The van der Waals surface area contributed by atoms with Crippen LogP contribution in [-0.2, 0) is 0 Å². The van der Waals surface area contributed by atoms with Gasteiger partial charge in [-0.05, 0) is 68.9 Å². The highest BCUT2D eigenvalue weighted by Gasteiger charge is 2.26. The van der Waals surface area contributed by atoms with E-state index in [0.717, 1.165) is 37.3 Å². The second-order valence-corrected chi connectivity index (χ2v) is 10.7. The normalized spacial score (nSPS) is 14.6. The van der Waals surface area contributed by atoms with Gasteiger partial charge >= 0.3 is 5.69 Å². The lowest BCUT2D eigenvalue weighted by Crippen LogP contribution is -2.38. The van der Waals surface area contributed by atoms with Crippen LogP contribution in [0.5, 0.6) is 0 Å². The van der Waals surface area contributed by atoms with Gasteiger partial charge in [0, 0.05) is 47.8 Å². The molecule has 1 saturated heterocycles. The first-order valence-electron chi connectivity index (χ1n) is 12.9. The van der Waals surface area contributed by atoms with E-state index in [-0.39, 0.29) is 5.82 Å². The van der Waals surface area contributed by atoms with Crippen LogP contribution in [0.1, 0.15) is 38.4 Å². The van der Waals surface area contributed by atoms with Crippen LogP contribution in [0.25, 0.3) is 21.7 Å². The molecule has 1 fully saturated rings. The lowest BCUT2D eigenvalue weighted by atomic mass is 9.95. The molecule has 1 aliphatic heterocycles. The van der Waals surface area contributed by atoms with E-state index in [2.05, 4.69) is 39.2 Å². The number of halogens is 2. The Morgan fingerprint density at radius 3 is 2.51 bits per heavy atom. The molecular weight excluding hydrogens is 535 g/mol. The number of anilines is 3. The second-order valence-electron chi connectivity index (χ2n) is 9.82. The minimum Gasteiger partial charge on any atom is -0.377 e. The van der Waals surface area contributed by atoms with Crippen LogP contribution >= 0.6 is 23.2 Å². The number of hydrogen-bond donors (Lipinski definition) is 3. The summed E-state index contributed by atoms with van der Waals surface area (Å²) in [5.41, 5.74) is 8.48. The number of likely N-dealkylation sites (tertiary alicyclic amines) is 1. The maximum Gasteiger partial charge on any atom is 0.381 e. The van der Waals surface area contributed by atoms with Crippen molar-refractivity contribution in [2.24, 2.45) is 0 Å². The second kappa shape index (κ2) is 11.6. The number of nitrogens with one attached hydrogen (secondary N) is 2. The summed E-state index contributed by atoms with van der Waals surface area (Å²) < 4.78 is 1.77. The Balaban J connectivity index is 1.39. The summed E-state index contributed by atoms with van der Waals surface area (Å²) >= 11 is 12.7. The van der Waals surface area contributed by atoms with E-state index in [1.54, 1.807) is 28.8 Å². The Bertz CT molecular complexity index is 1520. The average Bonchev–Trinajstić information content (AvgIpc) is 3.35. The highest BCUT2D eigenvalue weighted by atomic mass is 35.5. The molecule has 0 spiro atoms. The maximum absolute atomic E-state index is 6.53. The van der Waals surface area contributed by atoms with Gasteiger partial charge in [-0.2, -0.15) is 4.52 Å². The van der Waals surface area contributed by atoms with Gasteiger partial charge in [-0.3, -0.25) is 0 Å². The van der Waals surface area contributed by atoms with Crippen molar-refractivity contribution >= 4 is 52.1 Å². The summed E-state index contributed by atoms with van der Waals surface area (Å²) in [6.45, 7) is 12.9. The topological polar surface area (TPSA) is 114 Å². The first-order valence-corrected chi connectivity index (χ1v) is 13.7. The Morgan fingerprint density at radius 2 is 1.82 bits per heavy atom. The first-order chi connectivity index (χ1) is 18.8. The molecule has 12 heteroatoms. The number of rotatable bonds is 8. The number of benzene rings is 1. The van der Waals surface area contributed by atoms with Crippen molar-refractivity contribution in [2.75, 3.05) is 42.5 Å². The van der Waals surface area contributed by atoms with Gasteiger partial charge in [-0.1, -0.05) is 23.2 Å². The molecule has 0 aliphatic carbocycles. The smallest absolute Gasteiger partial charge is 0.377 e. The van der Waals surface area contributed by atoms with Crippen molar-refractivity contribution < 1.29 is 0 Å². The highest BCUT2D eigenvalue weighted by Crippen LogP contribution is 2.32. The third-order valence-electron chi connectivity index (χ3n) is 6.93. The highest BCUT2D eigenvalue weighted by molar-refractivity contribution is 6.36. The fraction of sp³-hybridized carbons (Fsp3) is 0.370. The lowest BCUT2D eigenvalue weighted by molar-refractivity contribution is 0.169. The molecule has 0 atom stereocenters. The molecule has 0 unspecified atom stereocenters. The molecule has 202 valence electrons. The van der Waals surface area contributed by atoms with Crippen LogP contribution in [0.2, 0.25) is 10.0 Å². The van der Waals surface area contributed by atoms with Crippen LogP contribution in [0.4, 0.5) is 23.3 Å². The average molecular weight is 567 g/mol. The number of hydrogen-bond acceptors (Lipinski definition) is 8. The lowest BCUT2D eigenvalue weighted by Gasteiger charge is -2.33. The minimum atomic E-state index is 0.265. The summed E-state index contributed by atoms with van der Waals surface area (Å²) in [5.74, 6) is 2.60. The largest absolute Gasteiger partial charge is 0.381 e. The van der Waals surface area contributed by atoms with Gasteiger partial charge in [-0.25, -0.2) is 15.0 Å². The van der Waals surface area contributed by atoms with E-state index in [1.807, 2.05) is 12.1 Å². The van der Waals surface area contributed by atoms with Gasteiger partial charge in [0.2, 0.25) is 11.8 Å². The van der Waals surface area contributed by atoms with Gasteiger partial charge in [0.15, 0.2) is 11.5 Å². The zero-order chi connectivity index (χ0) is 27.5. The van der Waals surface area contributed by atoms with Crippen molar-refractivity contribution in [2.45, 2.75) is 38.6 Å². The molecule has 4 aromatic rings. The number of pyridine rings is 1. The summed E-state index contributed by atoms with van der Waals surface area (Å²) in [6.07, 6.45) is 2.05. The summed E-state index contributed by atoms with van der Waals surface area (Å²) in [4.78, 5) is 20.2. The van der Waals surface area contributed by atoms with Gasteiger partial charge in [0.05, 0.1) is 10.7 Å². The van der Waals surface area contributed by atoms with E-state index in [4.69, 9.17) is 50.6 Å². The number of nitrogens with two attached hydrogens (primary N) is 1. The van der Waals surface area contributed by atoms with Crippen LogP contribution in [-0.4, -0.2) is 61.7 Å². The number of piperidine rings is 1. The Morgan fingerprint density at radius 1 is 1.05 bits per heavy atom. The molecule has 0 radical (unpaired) electrons. The van der Waals surface area contributed by atoms with E-state index in [1.165, 1.54) is 0 Å². The predicted octanol–water partition coefficient (Wildman–Crippen LogP) is 5.78. The van der Waals surface area contributed by atoms with Crippen molar-refractivity contribution in [3.05, 3.63) is 57.1 Å². The quantitative estimate of drug-likeness (QED) is 0.230. The van der Waals surface area contributed by atoms with Crippen LogP contribution in [0.15, 0.2) is 36.4 Å². The third kappa shape index (κ3) is 6.01. The molecular formula is C27H31Cl2N10+. The molecule has 4 N–H and O–H groups in total. The predicted molar refractivity (Wildman–Crippen MR) is 159 cm³/mol. The van der Waals surface area contributed by atoms with Gasteiger partial charge in [0.25, 0.3) is 6.57 Å². The van der Waals surface area contributed by atoms with Gasteiger partial charge in [0.1, 0.15) is 5.82 Å². The van der Waals surface area contributed by atoms with Crippen LogP contribution in [0.3, 0.4) is 0 Å². The Labute approximate surface area is 237 Å². The number of nitrogen functional groups attached to an aromatic ring is 1. The summed E-state index contributed by atoms with van der Waals surface area (Å²) in [6, 6.07) is 11.3. The molecule has 0 bridgehead atoms. The molecule has 1 aliphatic rings. The third-order valence-corrected chi connectivity index (χ3v) is 7.48. The van der Waals surface area contributed by atoms with Crippen molar-refractivity contribution in [1.29, 1.82) is 0 Å². The number of nitrogens with zero attached hydrogens (tertiary/aromatic N) is 7. The minimum absolute atomic E-state index is 0.265. The molecule has 4 heterocycles. The molecule has 0 saturated carbocycles. The number of fused-ring (bicyclic) bond motifs is 1. The molecule has 5 rings (SSSR count). The Kier molecular flexibility index (Phi) is 8.02. The molecule has 0 amide bonds. The molecule has 39 heavy (non-hydrogen) atoms. The van der Waals surface area contributed by atoms with Crippen molar-refractivity contribution in [3.63, 3.8) is 0 Å². The summed E-state index contributed by atoms with van der Waals surface area (Å²) in [5, 5.41) is 12.6. The zero-order valence-corrected chi connectivity index (χ0v) is 23.4. The maximum atomic E-state index is 6.53. The molecule has 1 aromatic carbocycles. The monoisotopic (exact) mass is 565 g/mol. The van der Waals surface area contributed by atoms with Gasteiger partial charge in [-0.15, -0.1) is 5.10 Å². The summed E-state index contributed by atoms with van der Waals surface area (Å²) in [7, 11) is 0. The van der Waals surface area contributed by atoms with Crippen molar-refractivity contribution in [3.8, 4) is 17.8 Å². The van der Waals surface area contributed by atoms with E-state index in [9.17, 15) is 0 Å². The van der Waals surface area contributed by atoms with E-state index in [0.29, 0.717) is 63.9 Å². The van der Waals surface area contributed by atoms with Crippen molar-refractivity contribution in [1.82, 2.24) is 29.5 Å². The van der Waals surface area contributed by atoms with Gasteiger partial charge < -0.3 is 21.3 Å². The van der Waals surface area contributed by atoms with Crippen LogP contribution in [0, 0.1) is 6.57 Å². The SMILES string of the molecule is C#[N+]c1ccc(NCCNc2nc(-c3ccc(Cl)cc3Cl)cc3nc(C4CCN(C(C)C)CC4)nn23)nc1N. The van der Waals surface area contributed by atoms with E-state index >= 15 is 0 Å². The van der Waals surface area contributed by atoms with Crippen LogP contribution < -0.4 is 16.4 Å². The molecule has 3 aromatic heterocycles. The first kappa shape index (κ1) is 26.9. The zero-order valence-electron chi connectivity index (χ0n) is 21.9. The fourth-order valence-electron chi connectivity index (χ4n) is 4.74. The number of aromatic nitrogens is 5. The Hall–Kier alpha value is -3.65.